The van der Waals surface area contributed by atoms with Crippen LogP contribution < -0.4 is 0 Å². The summed E-state index contributed by atoms with van der Waals surface area (Å²) in [6, 6.07) is 13.6. The van der Waals surface area contributed by atoms with Gasteiger partial charge in [0.05, 0.1) is 16.2 Å². The van der Waals surface area contributed by atoms with Crippen LogP contribution in [0.1, 0.15) is 25.5 Å². The highest BCUT2D eigenvalue weighted by molar-refractivity contribution is 8.00. The van der Waals surface area contributed by atoms with Gasteiger partial charge < -0.3 is 4.90 Å². The quantitative estimate of drug-likeness (QED) is 0.405. The molecular weight excluding hydrogens is 360 g/mol. The zero-order valence-electron chi connectivity index (χ0n) is 14.2. The Labute approximate surface area is 156 Å². The summed E-state index contributed by atoms with van der Waals surface area (Å²) in [5, 5.41) is 11.0. The van der Waals surface area contributed by atoms with Crippen LogP contribution in [0.3, 0.4) is 0 Å². The number of rotatable bonds is 6. The average Bonchev–Trinajstić information content (AvgIpc) is 2.60. The number of hydrogen-bond acceptors (Lipinski definition) is 4. The number of benzene rings is 2. The summed E-state index contributed by atoms with van der Waals surface area (Å²) < 4.78 is 0. The van der Waals surface area contributed by atoms with Gasteiger partial charge in [-0.15, -0.1) is 11.8 Å². The van der Waals surface area contributed by atoms with Gasteiger partial charge in [0.15, 0.2) is 0 Å². The standard InChI is InChI=1S/C18H19ClN2O3S/c1-12(14-4-6-15(19)7-5-14)20(3)18(22)13(2)25-17-10-8-16(9-11-17)21(23)24/h4-13H,1-3H3. The highest BCUT2D eigenvalue weighted by atomic mass is 35.5. The van der Waals surface area contributed by atoms with Crippen molar-refractivity contribution in [3.05, 3.63) is 69.2 Å². The molecule has 5 nitrogen and oxygen atoms in total. The number of carbonyl (C=O) groups is 1. The van der Waals surface area contributed by atoms with Crippen LogP contribution in [0.25, 0.3) is 0 Å². The molecule has 0 aliphatic carbocycles. The molecule has 0 radical (unpaired) electrons. The third-order valence-electron chi connectivity index (χ3n) is 3.99. The molecule has 0 aromatic heterocycles. The van der Waals surface area contributed by atoms with E-state index < -0.39 is 4.92 Å². The van der Waals surface area contributed by atoms with Gasteiger partial charge in [-0.2, -0.15) is 0 Å². The number of carbonyl (C=O) groups excluding carboxylic acids is 1. The van der Waals surface area contributed by atoms with E-state index in [4.69, 9.17) is 11.6 Å². The first-order valence-electron chi connectivity index (χ1n) is 7.73. The average molecular weight is 379 g/mol. The first-order chi connectivity index (χ1) is 11.8. The van der Waals surface area contributed by atoms with Crippen LogP contribution in [0.4, 0.5) is 5.69 Å². The summed E-state index contributed by atoms with van der Waals surface area (Å²) in [5.41, 5.74) is 1.05. The van der Waals surface area contributed by atoms with E-state index in [2.05, 4.69) is 0 Å². The minimum absolute atomic E-state index is 0.00852. The number of nitrogens with zero attached hydrogens (tertiary/aromatic N) is 2. The molecule has 0 N–H and O–H groups in total. The lowest BCUT2D eigenvalue weighted by Crippen LogP contribution is -2.35. The molecule has 0 spiro atoms. The first-order valence-corrected chi connectivity index (χ1v) is 8.98. The van der Waals surface area contributed by atoms with Gasteiger partial charge in [-0.25, -0.2) is 0 Å². The van der Waals surface area contributed by atoms with E-state index in [0.717, 1.165) is 10.5 Å². The van der Waals surface area contributed by atoms with Crippen molar-refractivity contribution in [2.75, 3.05) is 7.05 Å². The Morgan fingerprint density at radius 1 is 1.12 bits per heavy atom. The van der Waals surface area contributed by atoms with E-state index in [-0.39, 0.29) is 22.9 Å². The fraction of sp³-hybridized carbons (Fsp3) is 0.278. The number of hydrogen-bond donors (Lipinski definition) is 0. The lowest BCUT2D eigenvalue weighted by Gasteiger charge is -2.28. The highest BCUT2D eigenvalue weighted by Gasteiger charge is 2.23. The zero-order valence-corrected chi connectivity index (χ0v) is 15.8. The Morgan fingerprint density at radius 3 is 2.20 bits per heavy atom. The second-order valence-electron chi connectivity index (χ2n) is 5.69. The summed E-state index contributed by atoms with van der Waals surface area (Å²) in [4.78, 5) is 25.4. The predicted octanol–water partition coefficient (Wildman–Crippen LogP) is 4.95. The fourth-order valence-corrected chi connectivity index (χ4v) is 3.44. The van der Waals surface area contributed by atoms with Crippen molar-refractivity contribution in [3.63, 3.8) is 0 Å². The van der Waals surface area contributed by atoms with Crippen molar-refractivity contribution in [3.8, 4) is 0 Å². The maximum absolute atomic E-state index is 12.7. The number of nitro benzene ring substituents is 1. The van der Waals surface area contributed by atoms with E-state index in [1.54, 1.807) is 36.2 Å². The summed E-state index contributed by atoms with van der Waals surface area (Å²) in [6.45, 7) is 3.80. The molecule has 0 aliphatic rings. The van der Waals surface area contributed by atoms with Gasteiger partial charge in [0.1, 0.15) is 0 Å². The second kappa shape index (κ2) is 8.36. The van der Waals surface area contributed by atoms with Crippen molar-refractivity contribution >= 4 is 35.0 Å². The summed E-state index contributed by atoms with van der Waals surface area (Å²) in [5.74, 6) is -0.00852. The number of non-ortho nitro benzene ring substituents is 1. The van der Waals surface area contributed by atoms with Crippen molar-refractivity contribution in [2.24, 2.45) is 0 Å². The van der Waals surface area contributed by atoms with E-state index in [1.807, 2.05) is 26.0 Å². The van der Waals surface area contributed by atoms with Gasteiger partial charge in [-0.1, -0.05) is 23.7 Å². The van der Waals surface area contributed by atoms with Crippen LogP contribution in [0.15, 0.2) is 53.4 Å². The van der Waals surface area contributed by atoms with Gasteiger partial charge in [-0.3, -0.25) is 14.9 Å². The van der Waals surface area contributed by atoms with Crippen molar-refractivity contribution in [1.29, 1.82) is 0 Å². The molecule has 2 aromatic carbocycles. The largest absolute Gasteiger partial charge is 0.338 e. The molecule has 7 heteroatoms. The molecule has 0 fully saturated rings. The molecule has 1 amide bonds. The third kappa shape index (κ3) is 4.96. The minimum atomic E-state index is -0.440. The molecular formula is C18H19ClN2O3S. The van der Waals surface area contributed by atoms with Gasteiger partial charge in [-0.05, 0) is 43.7 Å². The third-order valence-corrected chi connectivity index (χ3v) is 5.34. The van der Waals surface area contributed by atoms with E-state index in [9.17, 15) is 14.9 Å². The smallest absolute Gasteiger partial charge is 0.269 e. The summed E-state index contributed by atoms with van der Waals surface area (Å²) in [7, 11) is 1.77. The molecule has 2 unspecified atom stereocenters. The van der Waals surface area contributed by atoms with Crippen LogP contribution in [0, 0.1) is 10.1 Å². The summed E-state index contributed by atoms with van der Waals surface area (Å²) in [6.07, 6.45) is 0. The van der Waals surface area contributed by atoms with Crippen LogP contribution in [-0.2, 0) is 4.79 Å². The van der Waals surface area contributed by atoms with Crippen molar-refractivity contribution < 1.29 is 9.72 Å². The molecule has 0 saturated heterocycles. The van der Waals surface area contributed by atoms with E-state index >= 15 is 0 Å². The minimum Gasteiger partial charge on any atom is -0.338 e. The monoisotopic (exact) mass is 378 g/mol. The lowest BCUT2D eigenvalue weighted by molar-refractivity contribution is -0.384. The van der Waals surface area contributed by atoms with Gasteiger partial charge in [0.25, 0.3) is 5.69 Å². The van der Waals surface area contributed by atoms with Gasteiger partial charge in [0, 0.05) is 29.1 Å². The maximum atomic E-state index is 12.7. The number of nitro groups is 1. The van der Waals surface area contributed by atoms with Crippen LogP contribution in [0.5, 0.6) is 0 Å². The number of amides is 1. The second-order valence-corrected chi connectivity index (χ2v) is 7.54. The zero-order chi connectivity index (χ0) is 18.6. The number of halogens is 1. The van der Waals surface area contributed by atoms with Crippen LogP contribution in [-0.4, -0.2) is 28.0 Å². The Kier molecular flexibility index (Phi) is 6.45. The molecule has 2 atom stereocenters. The van der Waals surface area contributed by atoms with Crippen LogP contribution in [0.2, 0.25) is 5.02 Å². The SMILES string of the molecule is CC(Sc1ccc([N+](=O)[O-])cc1)C(=O)N(C)C(C)c1ccc(Cl)cc1. The van der Waals surface area contributed by atoms with Crippen LogP contribution >= 0.6 is 23.4 Å². The first kappa shape index (κ1) is 19.3. The molecule has 132 valence electrons. The predicted molar refractivity (Wildman–Crippen MR) is 101 cm³/mol. The maximum Gasteiger partial charge on any atom is 0.269 e. The fourth-order valence-electron chi connectivity index (χ4n) is 2.34. The van der Waals surface area contributed by atoms with E-state index in [1.165, 1.54) is 23.9 Å². The molecule has 0 bridgehead atoms. The molecule has 0 saturated carbocycles. The Bertz CT molecular complexity index is 750. The van der Waals surface area contributed by atoms with E-state index in [0.29, 0.717) is 5.02 Å². The topological polar surface area (TPSA) is 63.5 Å². The highest BCUT2D eigenvalue weighted by Crippen LogP contribution is 2.28. The van der Waals surface area contributed by atoms with Gasteiger partial charge in [0.2, 0.25) is 5.91 Å². The molecule has 0 aliphatic heterocycles. The Balaban J connectivity index is 2.02. The Morgan fingerprint density at radius 2 is 1.68 bits per heavy atom. The molecule has 2 aromatic rings. The number of thioether (sulfide) groups is 1. The van der Waals surface area contributed by atoms with Crippen molar-refractivity contribution in [1.82, 2.24) is 4.90 Å². The molecule has 25 heavy (non-hydrogen) atoms. The summed E-state index contributed by atoms with van der Waals surface area (Å²) >= 11 is 7.28. The normalized spacial score (nSPS) is 13.1. The molecule has 0 heterocycles. The Hall–Kier alpha value is -2.05. The lowest BCUT2D eigenvalue weighted by atomic mass is 10.1. The molecule has 2 rings (SSSR count). The van der Waals surface area contributed by atoms with Gasteiger partial charge >= 0.3 is 0 Å². The van der Waals surface area contributed by atoms with Crippen molar-refractivity contribution in [2.45, 2.75) is 30.0 Å².